The number of carbonyl (C=O) groups is 2. The first-order valence-electron chi connectivity index (χ1n) is 9.72. The van der Waals surface area contributed by atoms with Crippen LogP contribution in [0.1, 0.15) is 16.1 Å². The topological polar surface area (TPSA) is 172 Å². The largest absolute Gasteiger partial charge is 0.457 e. The van der Waals surface area contributed by atoms with Gasteiger partial charge in [0.1, 0.15) is 17.2 Å². The van der Waals surface area contributed by atoms with Gasteiger partial charge in [-0.05, 0) is 48.5 Å². The Bertz CT molecular complexity index is 1380. The second-order valence-electron chi connectivity index (χ2n) is 6.84. The Balaban J connectivity index is 0.000000877. The van der Waals surface area contributed by atoms with E-state index in [0.29, 0.717) is 11.5 Å². The van der Waals surface area contributed by atoms with Crippen LogP contribution >= 0.6 is 11.6 Å². The molecule has 198 valence electrons. The molecule has 0 bridgehead atoms. The molecule has 1 heterocycles. The number of nitrogens with one attached hydrogen (secondary N) is 1. The van der Waals surface area contributed by atoms with Crippen molar-refractivity contribution in [1.29, 1.82) is 0 Å². The fraction of sp³-hybridized carbons (Fsp3) is 0.0952. The van der Waals surface area contributed by atoms with Gasteiger partial charge in [-0.25, -0.2) is 4.79 Å². The maximum Gasteiger partial charge on any atom is 0.417 e. The third kappa shape index (κ3) is 8.91. The molecule has 0 fully saturated rings. The molecular formula is C21H18ClF3N4O7S. The zero-order valence-corrected chi connectivity index (χ0v) is 20.2. The van der Waals surface area contributed by atoms with Gasteiger partial charge in [-0.3, -0.25) is 23.8 Å². The summed E-state index contributed by atoms with van der Waals surface area (Å²) in [7, 11) is -3.20. The number of halogens is 4. The number of amides is 3. The number of anilines is 2. The summed E-state index contributed by atoms with van der Waals surface area (Å²) in [4.78, 5) is 28.5. The van der Waals surface area contributed by atoms with Gasteiger partial charge in [-0.2, -0.15) is 21.6 Å². The van der Waals surface area contributed by atoms with E-state index >= 15 is 0 Å². The average Bonchev–Trinajstić information content (AvgIpc) is 2.79. The molecule has 0 radical (unpaired) electrons. The second kappa shape index (κ2) is 11.9. The van der Waals surface area contributed by atoms with Gasteiger partial charge in [-0.15, -0.1) is 0 Å². The van der Waals surface area contributed by atoms with E-state index in [-0.39, 0.29) is 23.0 Å². The molecule has 37 heavy (non-hydrogen) atoms. The quantitative estimate of drug-likeness (QED) is 0.330. The Morgan fingerprint density at radius 1 is 1.03 bits per heavy atom. The molecule has 0 aliphatic rings. The molecule has 1 aromatic heterocycles. The highest BCUT2D eigenvalue weighted by atomic mass is 35.5. The van der Waals surface area contributed by atoms with Crippen molar-refractivity contribution in [2.45, 2.75) is 6.18 Å². The summed E-state index contributed by atoms with van der Waals surface area (Å²) in [6.45, 7) is 0. The number of nitrogens with zero attached hydrogens (tertiary/aromatic N) is 2. The number of benzene rings is 2. The summed E-state index contributed by atoms with van der Waals surface area (Å²) in [5.74, 6) is 0.300. The Hall–Kier alpha value is -3.92. The minimum absolute atomic E-state index is 0.104. The number of urea groups is 1. The third-order valence-electron chi connectivity index (χ3n) is 4.26. The van der Waals surface area contributed by atoms with E-state index in [2.05, 4.69) is 10.3 Å². The zero-order chi connectivity index (χ0) is 28.0. The Labute approximate surface area is 213 Å². The van der Waals surface area contributed by atoms with Crippen LogP contribution in [0.25, 0.3) is 0 Å². The van der Waals surface area contributed by atoms with Crippen LogP contribution in [0.3, 0.4) is 0 Å². The Kier molecular flexibility index (Phi) is 9.41. The van der Waals surface area contributed by atoms with E-state index in [0.717, 1.165) is 17.0 Å². The predicted molar refractivity (Wildman–Crippen MR) is 126 cm³/mol. The molecular weight excluding hydrogens is 545 g/mol. The number of primary amides is 1. The number of nitrogens with two attached hydrogens (primary N) is 1. The molecule has 0 aliphatic carbocycles. The first kappa shape index (κ1) is 29.3. The number of alkyl halides is 3. The van der Waals surface area contributed by atoms with Crippen LogP contribution in [0.4, 0.5) is 29.3 Å². The van der Waals surface area contributed by atoms with Crippen molar-refractivity contribution in [1.82, 2.24) is 10.3 Å². The second-order valence-corrected chi connectivity index (χ2v) is 8.14. The number of aromatic nitrogens is 1. The maximum absolute atomic E-state index is 13.2. The lowest BCUT2D eigenvalue weighted by Crippen LogP contribution is -2.31. The van der Waals surface area contributed by atoms with E-state index in [1.807, 2.05) is 0 Å². The summed E-state index contributed by atoms with van der Waals surface area (Å²) in [6, 6.07) is 10.9. The zero-order valence-electron chi connectivity index (χ0n) is 18.6. The molecule has 0 aliphatic heterocycles. The monoisotopic (exact) mass is 562 g/mol. The first-order valence-corrected chi connectivity index (χ1v) is 11.5. The molecule has 5 N–H and O–H groups in total. The lowest BCUT2D eigenvalue weighted by atomic mass is 10.1. The van der Waals surface area contributed by atoms with Crippen LogP contribution in [0, 0.1) is 0 Å². The number of pyridine rings is 1. The molecule has 16 heteroatoms. The van der Waals surface area contributed by atoms with Crippen molar-refractivity contribution in [2.75, 3.05) is 11.9 Å². The average molecular weight is 563 g/mol. The van der Waals surface area contributed by atoms with Crippen molar-refractivity contribution in [3.8, 4) is 11.5 Å². The van der Waals surface area contributed by atoms with E-state index in [1.54, 1.807) is 6.07 Å². The van der Waals surface area contributed by atoms with Gasteiger partial charge in [0, 0.05) is 19.3 Å². The highest BCUT2D eigenvalue weighted by Gasteiger charge is 2.34. The smallest absolute Gasteiger partial charge is 0.417 e. The molecule has 0 saturated carbocycles. The fourth-order valence-corrected chi connectivity index (χ4v) is 3.02. The number of carbonyl (C=O) groups excluding carboxylic acids is 2. The van der Waals surface area contributed by atoms with Crippen LogP contribution in [-0.4, -0.2) is 41.5 Å². The van der Waals surface area contributed by atoms with Crippen molar-refractivity contribution in [2.24, 2.45) is 5.73 Å². The van der Waals surface area contributed by atoms with E-state index in [4.69, 9.17) is 39.6 Å². The first-order chi connectivity index (χ1) is 17.1. The molecule has 3 rings (SSSR count). The minimum atomic E-state index is -4.70. The number of rotatable bonds is 5. The SMILES string of the molecule is CNC(=O)c1cc(Oc2ccc(N(C(N)=O)c3ccc(Cl)c(C(F)(F)F)c3)cc2)ccn1.O=S(=O)(O)O. The van der Waals surface area contributed by atoms with Gasteiger partial charge in [0.25, 0.3) is 5.91 Å². The lowest BCUT2D eigenvalue weighted by Gasteiger charge is -2.22. The molecule has 0 spiro atoms. The van der Waals surface area contributed by atoms with Crippen molar-refractivity contribution < 1.29 is 45.0 Å². The molecule has 0 unspecified atom stereocenters. The Morgan fingerprint density at radius 3 is 2.11 bits per heavy atom. The van der Waals surface area contributed by atoms with Gasteiger partial charge in [0.2, 0.25) is 0 Å². The molecule has 0 atom stereocenters. The minimum Gasteiger partial charge on any atom is -0.457 e. The van der Waals surface area contributed by atoms with Gasteiger partial charge < -0.3 is 15.8 Å². The molecule has 0 saturated heterocycles. The van der Waals surface area contributed by atoms with Crippen LogP contribution in [-0.2, 0) is 16.6 Å². The van der Waals surface area contributed by atoms with Gasteiger partial charge in [-0.1, -0.05) is 11.6 Å². The van der Waals surface area contributed by atoms with E-state index < -0.39 is 33.2 Å². The molecule has 2 aromatic carbocycles. The van der Waals surface area contributed by atoms with E-state index in [1.165, 1.54) is 49.6 Å². The normalized spacial score (nSPS) is 11.1. The molecule has 3 amide bonds. The summed E-state index contributed by atoms with van der Waals surface area (Å²) in [6.07, 6.45) is -3.30. The summed E-state index contributed by atoms with van der Waals surface area (Å²) < 4.78 is 76.8. The van der Waals surface area contributed by atoms with Crippen molar-refractivity contribution in [3.63, 3.8) is 0 Å². The van der Waals surface area contributed by atoms with Gasteiger partial charge in [0.15, 0.2) is 0 Å². The van der Waals surface area contributed by atoms with Gasteiger partial charge in [0.05, 0.1) is 22.0 Å². The summed E-state index contributed by atoms with van der Waals surface area (Å²) >= 11 is 5.65. The number of ether oxygens (including phenoxy) is 1. The fourth-order valence-electron chi connectivity index (χ4n) is 2.80. The lowest BCUT2D eigenvalue weighted by molar-refractivity contribution is -0.137. The maximum atomic E-state index is 13.2. The van der Waals surface area contributed by atoms with Crippen LogP contribution in [0.15, 0.2) is 60.8 Å². The summed E-state index contributed by atoms with van der Waals surface area (Å²) in [5, 5.41) is 1.95. The highest BCUT2D eigenvalue weighted by Crippen LogP contribution is 2.38. The van der Waals surface area contributed by atoms with E-state index in [9.17, 15) is 22.8 Å². The number of hydrogen-bond acceptors (Lipinski definition) is 6. The molecule has 3 aromatic rings. The van der Waals surface area contributed by atoms with Crippen LogP contribution in [0.5, 0.6) is 11.5 Å². The number of hydrogen-bond donors (Lipinski definition) is 4. The standard InChI is InChI=1S/C21H16ClF3N4O3.H2O4S/c1-27-19(30)18-11-15(8-9-28-18)32-14-5-2-12(3-6-14)29(20(26)31)13-4-7-17(22)16(10-13)21(23,24)25;1-5(2,3)4/h2-11H,1H3,(H2,26,31)(H,27,30);(H2,1,2,3,4). The Morgan fingerprint density at radius 2 is 1.59 bits per heavy atom. The van der Waals surface area contributed by atoms with Crippen molar-refractivity contribution in [3.05, 3.63) is 77.1 Å². The predicted octanol–water partition coefficient (Wildman–Crippen LogP) is 4.47. The summed E-state index contributed by atoms with van der Waals surface area (Å²) in [5.41, 5.74) is 4.59. The van der Waals surface area contributed by atoms with Gasteiger partial charge >= 0.3 is 22.6 Å². The van der Waals surface area contributed by atoms with Crippen LogP contribution in [0.2, 0.25) is 5.02 Å². The third-order valence-corrected chi connectivity index (χ3v) is 4.59. The molecule has 11 nitrogen and oxygen atoms in total. The van der Waals surface area contributed by atoms with Crippen molar-refractivity contribution >= 4 is 45.3 Å². The highest BCUT2D eigenvalue weighted by molar-refractivity contribution is 7.79. The van der Waals surface area contributed by atoms with Crippen LogP contribution < -0.4 is 20.7 Å².